The highest BCUT2D eigenvalue weighted by Gasteiger charge is 2.09. The first-order valence-corrected chi connectivity index (χ1v) is 9.94. The lowest BCUT2D eigenvalue weighted by Gasteiger charge is -2.06. The van der Waals surface area contributed by atoms with Crippen molar-refractivity contribution in [2.24, 2.45) is 0 Å². The lowest BCUT2D eigenvalue weighted by atomic mass is 10.0. The molecule has 4 heteroatoms. The summed E-state index contributed by atoms with van der Waals surface area (Å²) < 4.78 is 7.39. The van der Waals surface area contributed by atoms with E-state index >= 15 is 0 Å². The van der Waals surface area contributed by atoms with Crippen molar-refractivity contribution in [3.8, 4) is 28.7 Å². The van der Waals surface area contributed by atoms with Crippen molar-refractivity contribution in [3.05, 3.63) is 118 Å². The van der Waals surface area contributed by atoms with Crippen LogP contribution < -0.4 is 5.63 Å². The number of aromatic nitrogens is 2. The number of aryl methyl sites for hydroxylation is 1. The zero-order chi connectivity index (χ0) is 21.2. The summed E-state index contributed by atoms with van der Waals surface area (Å²) in [5, 5.41) is 5.26. The van der Waals surface area contributed by atoms with Gasteiger partial charge in [-0.3, -0.25) is 0 Å². The molecule has 2 aromatic heterocycles. The fraction of sp³-hybridized carbons (Fsp3) is 0.0370. The van der Waals surface area contributed by atoms with Crippen LogP contribution >= 0.6 is 0 Å². The molecule has 0 spiro atoms. The summed E-state index contributed by atoms with van der Waals surface area (Å²) in [6, 6.07) is 27.0. The topological polar surface area (TPSA) is 48.0 Å². The summed E-state index contributed by atoms with van der Waals surface area (Å²) in [4.78, 5) is 12.7. The third-order valence-corrected chi connectivity index (χ3v) is 5.03. The Kier molecular flexibility index (Phi) is 4.70. The smallest absolute Gasteiger partial charge is 0.344 e. The molecular formula is C27H18N2O2. The number of fused-ring (bicyclic) bond motifs is 1. The highest BCUT2D eigenvalue weighted by atomic mass is 16.4. The minimum absolute atomic E-state index is 0.371. The summed E-state index contributed by atoms with van der Waals surface area (Å²) >= 11 is 0. The Morgan fingerprint density at radius 2 is 1.58 bits per heavy atom. The maximum atomic E-state index is 12.7. The van der Waals surface area contributed by atoms with Gasteiger partial charge in [-0.15, -0.1) is 0 Å². The van der Waals surface area contributed by atoms with Gasteiger partial charge in [0.25, 0.3) is 0 Å². The van der Waals surface area contributed by atoms with Crippen LogP contribution in [0.15, 0.2) is 100 Å². The molecule has 4 nitrogen and oxygen atoms in total. The van der Waals surface area contributed by atoms with Gasteiger partial charge in [-0.05, 0) is 61.0 Å². The highest BCUT2D eigenvalue weighted by Crippen LogP contribution is 2.23. The quantitative estimate of drug-likeness (QED) is 0.295. The summed E-state index contributed by atoms with van der Waals surface area (Å²) in [7, 11) is 0. The van der Waals surface area contributed by atoms with Gasteiger partial charge in [0.15, 0.2) is 0 Å². The van der Waals surface area contributed by atoms with E-state index in [4.69, 9.17) is 4.42 Å². The molecule has 0 fully saturated rings. The van der Waals surface area contributed by atoms with Gasteiger partial charge < -0.3 is 4.42 Å². The van der Waals surface area contributed by atoms with Crippen molar-refractivity contribution in [1.82, 2.24) is 9.78 Å². The molecule has 5 aromatic rings. The van der Waals surface area contributed by atoms with Gasteiger partial charge in [-0.25, -0.2) is 9.48 Å². The zero-order valence-electron chi connectivity index (χ0n) is 16.9. The normalized spacial score (nSPS) is 10.6. The van der Waals surface area contributed by atoms with E-state index in [1.165, 1.54) is 0 Å². The number of hydrogen-bond acceptors (Lipinski definition) is 3. The van der Waals surface area contributed by atoms with E-state index in [1.807, 2.05) is 98.0 Å². The van der Waals surface area contributed by atoms with Crippen LogP contribution in [0.1, 0.15) is 16.8 Å². The number of benzene rings is 3. The minimum atomic E-state index is -0.371. The fourth-order valence-corrected chi connectivity index (χ4v) is 3.40. The molecule has 0 bridgehead atoms. The molecule has 0 aliphatic heterocycles. The summed E-state index contributed by atoms with van der Waals surface area (Å²) in [5.41, 5.74) is 5.11. The van der Waals surface area contributed by atoms with E-state index in [0.717, 1.165) is 33.5 Å². The molecule has 0 saturated heterocycles. The van der Waals surface area contributed by atoms with Crippen LogP contribution in [-0.4, -0.2) is 9.78 Å². The molecule has 0 amide bonds. The Bertz CT molecular complexity index is 1500. The van der Waals surface area contributed by atoms with Gasteiger partial charge in [0.2, 0.25) is 0 Å². The average molecular weight is 402 g/mol. The van der Waals surface area contributed by atoms with E-state index in [1.54, 1.807) is 4.68 Å². The van der Waals surface area contributed by atoms with Crippen LogP contribution in [0, 0.1) is 18.8 Å². The molecule has 2 heterocycles. The van der Waals surface area contributed by atoms with Crippen molar-refractivity contribution in [2.45, 2.75) is 6.92 Å². The first-order valence-electron chi connectivity index (χ1n) is 9.94. The molecule has 0 aliphatic rings. The highest BCUT2D eigenvalue weighted by molar-refractivity contribution is 5.83. The molecule has 0 N–H and O–H groups in total. The van der Waals surface area contributed by atoms with Crippen molar-refractivity contribution >= 4 is 11.0 Å². The second kappa shape index (κ2) is 7.81. The van der Waals surface area contributed by atoms with Gasteiger partial charge in [-0.1, -0.05) is 42.2 Å². The Morgan fingerprint density at radius 1 is 0.839 bits per heavy atom. The molecule has 0 unspecified atom stereocenters. The lowest BCUT2D eigenvalue weighted by Crippen LogP contribution is -2.03. The van der Waals surface area contributed by atoms with Crippen molar-refractivity contribution in [3.63, 3.8) is 0 Å². The molecular weight excluding hydrogens is 384 g/mol. The van der Waals surface area contributed by atoms with E-state index in [9.17, 15) is 4.79 Å². The zero-order valence-corrected chi connectivity index (χ0v) is 16.9. The summed E-state index contributed by atoms with van der Waals surface area (Å²) in [5.74, 6) is 6.29. The van der Waals surface area contributed by atoms with E-state index in [0.29, 0.717) is 11.1 Å². The average Bonchev–Trinajstić information content (AvgIpc) is 3.24. The minimum Gasteiger partial charge on any atom is -0.422 e. The molecule has 0 radical (unpaired) electrons. The number of hydrogen-bond donors (Lipinski definition) is 0. The monoisotopic (exact) mass is 402 g/mol. The SMILES string of the molecule is Cc1ccn(-c2ccc3cc(-c4ccc(C#Cc5ccccc5)cc4)c(=O)oc3c2)n1. The molecule has 148 valence electrons. The first-order chi connectivity index (χ1) is 15.2. The standard InChI is InChI=1S/C27H18N2O2/c1-19-15-16-29(28-19)24-14-13-23-17-25(27(30)31-26(23)18-24)22-11-9-21(10-12-22)8-7-20-5-3-2-4-6-20/h2-6,9-18H,1H3. The number of nitrogens with zero attached hydrogens (tertiary/aromatic N) is 2. The second-order valence-corrected chi connectivity index (χ2v) is 7.26. The van der Waals surface area contributed by atoms with Gasteiger partial charge in [0, 0.05) is 28.8 Å². The molecule has 0 atom stereocenters. The third-order valence-electron chi connectivity index (χ3n) is 5.03. The molecule has 5 rings (SSSR count). The van der Waals surface area contributed by atoms with Crippen LogP contribution in [0.3, 0.4) is 0 Å². The maximum Gasteiger partial charge on any atom is 0.344 e. The fourth-order valence-electron chi connectivity index (χ4n) is 3.40. The van der Waals surface area contributed by atoms with Gasteiger partial charge in [0.05, 0.1) is 16.9 Å². The molecule has 31 heavy (non-hydrogen) atoms. The van der Waals surface area contributed by atoms with E-state index < -0.39 is 0 Å². The van der Waals surface area contributed by atoms with E-state index in [2.05, 4.69) is 16.9 Å². The number of rotatable bonds is 2. The van der Waals surface area contributed by atoms with E-state index in [-0.39, 0.29) is 5.63 Å². The van der Waals surface area contributed by atoms with Gasteiger partial charge >= 0.3 is 5.63 Å². The van der Waals surface area contributed by atoms with Gasteiger partial charge in [0.1, 0.15) is 5.58 Å². The lowest BCUT2D eigenvalue weighted by molar-refractivity contribution is 0.563. The predicted octanol–water partition coefficient (Wildman–Crippen LogP) is 5.35. The van der Waals surface area contributed by atoms with Crippen LogP contribution in [-0.2, 0) is 0 Å². The Morgan fingerprint density at radius 3 is 2.29 bits per heavy atom. The van der Waals surface area contributed by atoms with Crippen LogP contribution in [0.4, 0.5) is 0 Å². The van der Waals surface area contributed by atoms with Crippen molar-refractivity contribution in [1.29, 1.82) is 0 Å². The van der Waals surface area contributed by atoms with Crippen molar-refractivity contribution < 1.29 is 4.42 Å². The Labute approximate surface area is 179 Å². The Balaban J connectivity index is 1.46. The summed E-state index contributed by atoms with van der Waals surface area (Å²) in [6.07, 6.45) is 1.88. The molecule has 3 aromatic carbocycles. The van der Waals surface area contributed by atoms with Crippen LogP contribution in [0.25, 0.3) is 27.8 Å². The predicted molar refractivity (Wildman–Crippen MR) is 122 cm³/mol. The molecule has 0 aliphatic carbocycles. The van der Waals surface area contributed by atoms with Crippen LogP contribution in [0.2, 0.25) is 0 Å². The second-order valence-electron chi connectivity index (χ2n) is 7.26. The first kappa shape index (κ1) is 18.7. The molecule has 0 saturated carbocycles. The van der Waals surface area contributed by atoms with Crippen molar-refractivity contribution in [2.75, 3.05) is 0 Å². The van der Waals surface area contributed by atoms with Crippen LogP contribution in [0.5, 0.6) is 0 Å². The van der Waals surface area contributed by atoms with Gasteiger partial charge in [-0.2, -0.15) is 5.10 Å². The largest absolute Gasteiger partial charge is 0.422 e. The Hall–Kier alpha value is -4.36. The maximum absolute atomic E-state index is 12.7. The third kappa shape index (κ3) is 3.90. The summed E-state index contributed by atoms with van der Waals surface area (Å²) in [6.45, 7) is 1.93.